The van der Waals surface area contributed by atoms with Crippen molar-refractivity contribution in [2.75, 3.05) is 18.0 Å². The van der Waals surface area contributed by atoms with Crippen LogP contribution in [0.3, 0.4) is 0 Å². The Balaban J connectivity index is 1.59. The molecule has 3 nitrogen and oxygen atoms in total. The molecule has 1 fully saturated rings. The van der Waals surface area contributed by atoms with Crippen molar-refractivity contribution in [3.05, 3.63) is 65.2 Å². The van der Waals surface area contributed by atoms with Crippen molar-refractivity contribution >= 4 is 5.69 Å². The number of nitrogens with one attached hydrogen (secondary N) is 1. The highest BCUT2D eigenvalue weighted by molar-refractivity contribution is 5.48. The molecule has 5 heteroatoms. The Morgan fingerprint density at radius 3 is 2.48 bits per heavy atom. The summed E-state index contributed by atoms with van der Waals surface area (Å²) in [7, 11) is 0. The molecule has 0 bridgehead atoms. The lowest BCUT2D eigenvalue weighted by atomic mass is 10.0. The zero-order valence-corrected chi connectivity index (χ0v) is 14.4. The van der Waals surface area contributed by atoms with Crippen LogP contribution in [0.15, 0.2) is 42.5 Å². The van der Waals surface area contributed by atoms with Gasteiger partial charge in [0, 0.05) is 36.9 Å². The van der Waals surface area contributed by atoms with Crippen molar-refractivity contribution in [2.45, 2.75) is 38.5 Å². The number of rotatable bonds is 5. The monoisotopic (exact) mass is 346 g/mol. The van der Waals surface area contributed by atoms with Crippen LogP contribution in [0, 0.1) is 11.6 Å². The van der Waals surface area contributed by atoms with Gasteiger partial charge in [-0.1, -0.05) is 12.1 Å². The maximum absolute atomic E-state index is 13.7. The summed E-state index contributed by atoms with van der Waals surface area (Å²) in [6.07, 6.45) is 1.43. The van der Waals surface area contributed by atoms with Crippen LogP contribution in [0.1, 0.15) is 36.9 Å². The summed E-state index contributed by atoms with van der Waals surface area (Å²) >= 11 is 0. The Morgan fingerprint density at radius 2 is 1.80 bits per heavy atom. The van der Waals surface area contributed by atoms with Crippen LogP contribution >= 0.6 is 0 Å². The molecule has 2 aromatic rings. The van der Waals surface area contributed by atoms with E-state index in [0.29, 0.717) is 5.56 Å². The molecule has 1 aliphatic heterocycles. The highest BCUT2D eigenvalue weighted by atomic mass is 19.1. The number of nitrogens with zero attached hydrogens (tertiary/aromatic N) is 1. The number of aliphatic hydroxyl groups is 1. The van der Waals surface area contributed by atoms with Crippen molar-refractivity contribution < 1.29 is 13.9 Å². The van der Waals surface area contributed by atoms with Gasteiger partial charge in [0.1, 0.15) is 11.6 Å². The maximum atomic E-state index is 13.7. The molecule has 1 atom stereocenters. The molecule has 25 heavy (non-hydrogen) atoms. The van der Waals surface area contributed by atoms with Crippen molar-refractivity contribution in [3.63, 3.8) is 0 Å². The van der Waals surface area contributed by atoms with Crippen LogP contribution < -0.4 is 10.2 Å². The molecule has 1 heterocycles. The Morgan fingerprint density at radius 1 is 1.12 bits per heavy atom. The van der Waals surface area contributed by atoms with Gasteiger partial charge in [0.15, 0.2) is 0 Å². The second-order valence-electron chi connectivity index (χ2n) is 6.65. The summed E-state index contributed by atoms with van der Waals surface area (Å²) in [6.45, 7) is 4.01. The molecule has 1 aliphatic rings. The average Bonchev–Trinajstić information content (AvgIpc) is 2.63. The first-order valence-corrected chi connectivity index (χ1v) is 8.73. The number of piperidine rings is 1. The normalized spacial score (nSPS) is 16.9. The van der Waals surface area contributed by atoms with E-state index in [-0.39, 0.29) is 18.7 Å². The Hall–Kier alpha value is -1.98. The van der Waals surface area contributed by atoms with E-state index in [1.807, 2.05) is 6.92 Å². The van der Waals surface area contributed by atoms with E-state index in [1.165, 1.54) is 6.07 Å². The topological polar surface area (TPSA) is 35.5 Å². The molecule has 2 N–H and O–H groups in total. The molecular formula is C20H24F2N2O. The van der Waals surface area contributed by atoms with Crippen LogP contribution in [0.2, 0.25) is 0 Å². The molecule has 0 spiro atoms. The van der Waals surface area contributed by atoms with Crippen LogP contribution in [0.25, 0.3) is 0 Å². The molecular weight excluding hydrogens is 322 g/mol. The van der Waals surface area contributed by atoms with Gasteiger partial charge >= 0.3 is 0 Å². The molecule has 0 amide bonds. The van der Waals surface area contributed by atoms with Gasteiger partial charge in [0.05, 0.1) is 6.10 Å². The minimum atomic E-state index is -0.429. The summed E-state index contributed by atoms with van der Waals surface area (Å²) in [5.74, 6) is -0.828. The molecule has 134 valence electrons. The first-order valence-electron chi connectivity index (χ1n) is 8.73. The number of aliphatic hydroxyl groups excluding tert-OH is 1. The Labute approximate surface area is 147 Å². The van der Waals surface area contributed by atoms with Crippen LogP contribution in [0.4, 0.5) is 14.5 Å². The third kappa shape index (κ3) is 4.55. The van der Waals surface area contributed by atoms with Crippen LogP contribution in [0.5, 0.6) is 0 Å². The Bertz CT molecular complexity index is 697. The molecule has 1 unspecified atom stereocenters. The third-order valence-corrected chi connectivity index (χ3v) is 4.83. The summed E-state index contributed by atoms with van der Waals surface area (Å²) in [4.78, 5) is 2.27. The quantitative estimate of drug-likeness (QED) is 0.865. The molecule has 0 aromatic heterocycles. The van der Waals surface area contributed by atoms with Gasteiger partial charge < -0.3 is 15.3 Å². The van der Waals surface area contributed by atoms with Crippen LogP contribution in [-0.2, 0) is 6.54 Å². The maximum Gasteiger partial charge on any atom is 0.127 e. The molecule has 1 saturated heterocycles. The van der Waals surface area contributed by atoms with Gasteiger partial charge in [-0.2, -0.15) is 0 Å². The zero-order chi connectivity index (χ0) is 17.8. The Kier molecular flexibility index (Phi) is 5.66. The van der Waals surface area contributed by atoms with Crippen molar-refractivity contribution in [1.82, 2.24) is 5.32 Å². The molecule has 0 saturated carbocycles. The number of halogens is 2. The fourth-order valence-corrected chi connectivity index (χ4v) is 3.16. The van der Waals surface area contributed by atoms with E-state index in [0.717, 1.165) is 49.3 Å². The molecule has 0 aliphatic carbocycles. The first-order chi connectivity index (χ1) is 12.0. The summed E-state index contributed by atoms with van der Waals surface area (Å²) in [5.41, 5.74) is 2.58. The van der Waals surface area contributed by atoms with E-state index < -0.39 is 11.6 Å². The second-order valence-corrected chi connectivity index (χ2v) is 6.65. The van der Waals surface area contributed by atoms with Gasteiger partial charge in [0.2, 0.25) is 0 Å². The molecule has 3 rings (SSSR count). The van der Waals surface area contributed by atoms with E-state index in [4.69, 9.17) is 0 Å². The number of benzene rings is 2. The largest absolute Gasteiger partial charge is 0.393 e. The van der Waals surface area contributed by atoms with E-state index in [2.05, 4.69) is 34.5 Å². The lowest BCUT2D eigenvalue weighted by molar-refractivity contribution is 0.145. The summed E-state index contributed by atoms with van der Waals surface area (Å²) < 4.78 is 26.9. The highest BCUT2D eigenvalue weighted by Crippen LogP contribution is 2.23. The van der Waals surface area contributed by atoms with Gasteiger partial charge in [-0.25, -0.2) is 8.78 Å². The SMILES string of the molecule is CC(NCc1cc(F)ccc1F)c1ccc(N2CCC(O)CC2)cc1. The van der Waals surface area contributed by atoms with Crippen molar-refractivity contribution in [3.8, 4) is 0 Å². The van der Waals surface area contributed by atoms with Gasteiger partial charge in [-0.05, 0) is 55.7 Å². The van der Waals surface area contributed by atoms with Gasteiger partial charge in [0.25, 0.3) is 0 Å². The molecule has 0 radical (unpaired) electrons. The second kappa shape index (κ2) is 7.93. The van der Waals surface area contributed by atoms with Crippen molar-refractivity contribution in [1.29, 1.82) is 0 Å². The van der Waals surface area contributed by atoms with Gasteiger partial charge in [-0.3, -0.25) is 0 Å². The zero-order valence-electron chi connectivity index (χ0n) is 14.4. The minimum Gasteiger partial charge on any atom is -0.393 e. The number of hydrogen-bond acceptors (Lipinski definition) is 3. The minimum absolute atomic E-state index is 0.0277. The summed E-state index contributed by atoms with van der Waals surface area (Å²) in [6, 6.07) is 11.8. The van der Waals surface area contributed by atoms with Crippen LogP contribution in [-0.4, -0.2) is 24.3 Å². The smallest absolute Gasteiger partial charge is 0.127 e. The first kappa shape index (κ1) is 17.8. The third-order valence-electron chi connectivity index (χ3n) is 4.83. The molecule has 2 aromatic carbocycles. The van der Waals surface area contributed by atoms with E-state index >= 15 is 0 Å². The van der Waals surface area contributed by atoms with Gasteiger partial charge in [-0.15, -0.1) is 0 Å². The van der Waals surface area contributed by atoms with E-state index in [9.17, 15) is 13.9 Å². The van der Waals surface area contributed by atoms with Crippen molar-refractivity contribution in [2.24, 2.45) is 0 Å². The lowest BCUT2D eigenvalue weighted by Crippen LogP contribution is -2.35. The fraction of sp³-hybridized carbons (Fsp3) is 0.400. The number of anilines is 1. The predicted molar refractivity (Wildman–Crippen MR) is 95.5 cm³/mol. The summed E-state index contributed by atoms with van der Waals surface area (Å²) in [5, 5.41) is 12.8. The number of hydrogen-bond donors (Lipinski definition) is 2. The fourth-order valence-electron chi connectivity index (χ4n) is 3.16. The highest BCUT2D eigenvalue weighted by Gasteiger charge is 2.17. The predicted octanol–water partition coefficient (Wildman–Crippen LogP) is 3.78. The lowest BCUT2D eigenvalue weighted by Gasteiger charge is -2.31. The standard InChI is InChI=1S/C20H24F2N2O/c1-14(23-13-16-12-17(21)4-7-20(16)22)15-2-5-18(6-3-15)24-10-8-19(25)9-11-24/h2-7,12,14,19,23,25H,8-11,13H2,1H3. The average molecular weight is 346 g/mol. The van der Waals surface area contributed by atoms with E-state index in [1.54, 1.807) is 0 Å².